The second kappa shape index (κ2) is 4.75. The molecule has 1 rings (SSSR count). The van der Waals surface area contributed by atoms with Crippen LogP contribution < -0.4 is 0 Å². The summed E-state index contributed by atoms with van der Waals surface area (Å²) in [6, 6.07) is 1.66. The van der Waals surface area contributed by atoms with Crippen molar-refractivity contribution in [3.05, 3.63) is 20.5 Å². The van der Waals surface area contributed by atoms with Gasteiger partial charge in [-0.2, -0.15) is 0 Å². The van der Waals surface area contributed by atoms with Crippen molar-refractivity contribution in [1.29, 1.82) is 0 Å². The van der Waals surface area contributed by atoms with Crippen LogP contribution in [0.2, 0.25) is 0 Å². The molecule has 0 saturated heterocycles. The molecule has 14 heavy (non-hydrogen) atoms. The first-order valence-electron chi connectivity index (χ1n) is 4.92. The summed E-state index contributed by atoms with van der Waals surface area (Å²) in [5.41, 5.74) is 0.105. The highest BCUT2D eigenvalue weighted by atomic mass is 79.9. The van der Waals surface area contributed by atoms with Gasteiger partial charge in [-0.15, -0.1) is 11.3 Å². The molecule has 80 valence electrons. The molecule has 0 nitrogen and oxygen atoms in total. The summed E-state index contributed by atoms with van der Waals surface area (Å²) in [7, 11) is 0. The van der Waals surface area contributed by atoms with E-state index in [1.807, 2.05) is 0 Å². The van der Waals surface area contributed by atoms with Gasteiger partial charge in [-0.1, -0.05) is 33.6 Å². The maximum Gasteiger partial charge on any atom is 0.148 e. The van der Waals surface area contributed by atoms with Gasteiger partial charge in [0.15, 0.2) is 0 Å². The summed E-state index contributed by atoms with van der Waals surface area (Å²) in [4.78, 5) is 1.13. The molecule has 0 radical (unpaired) electrons. The third kappa shape index (κ3) is 2.80. The summed E-state index contributed by atoms with van der Waals surface area (Å²) in [5, 5.41) is 0. The lowest BCUT2D eigenvalue weighted by molar-refractivity contribution is 0.464. The topological polar surface area (TPSA) is 0 Å². The fourth-order valence-corrected chi connectivity index (χ4v) is 2.95. The molecule has 3 heteroatoms. The van der Waals surface area contributed by atoms with Crippen LogP contribution in [-0.2, 0) is 5.41 Å². The molecule has 1 aromatic heterocycles. The Morgan fingerprint density at radius 3 is 2.57 bits per heavy atom. The lowest BCUT2D eigenvalue weighted by atomic mass is 9.86. The number of unbranched alkanes of at least 4 members (excludes halogenated alkanes) is 1. The predicted molar refractivity (Wildman–Crippen MR) is 64.5 cm³/mol. The van der Waals surface area contributed by atoms with Crippen LogP contribution in [0.1, 0.15) is 44.9 Å². The van der Waals surface area contributed by atoms with Crippen molar-refractivity contribution >= 4 is 27.3 Å². The summed E-state index contributed by atoms with van der Waals surface area (Å²) in [5.74, 6) is -0.130. The Bertz CT molecular complexity index is 285. The van der Waals surface area contributed by atoms with Gasteiger partial charge >= 0.3 is 0 Å². The molecule has 1 aromatic rings. The molecule has 0 amide bonds. The molecular formula is C11H16BrFS. The highest BCUT2D eigenvalue weighted by molar-refractivity contribution is 9.11. The monoisotopic (exact) mass is 278 g/mol. The SMILES string of the molecule is CCCCC(C)(C)c1cc(F)c(Br)s1. The molecule has 0 atom stereocenters. The number of halogens is 2. The van der Waals surface area contributed by atoms with Crippen LogP contribution >= 0.6 is 27.3 Å². The highest BCUT2D eigenvalue weighted by Crippen LogP contribution is 2.37. The van der Waals surface area contributed by atoms with Gasteiger partial charge in [-0.3, -0.25) is 0 Å². The van der Waals surface area contributed by atoms with E-state index in [9.17, 15) is 4.39 Å². The summed E-state index contributed by atoms with van der Waals surface area (Å²) >= 11 is 4.73. The van der Waals surface area contributed by atoms with Crippen LogP contribution in [0, 0.1) is 5.82 Å². The standard InChI is InChI=1S/C11H16BrFS/c1-4-5-6-11(2,3)9-7-8(13)10(12)14-9/h7H,4-6H2,1-3H3. The van der Waals surface area contributed by atoms with Gasteiger partial charge in [0.1, 0.15) is 9.60 Å². The summed E-state index contributed by atoms with van der Waals surface area (Å²) < 4.78 is 13.8. The van der Waals surface area contributed by atoms with Crippen molar-refractivity contribution in [2.75, 3.05) is 0 Å². The third-order valence-electron chi connectivity index (χ3n) is 2.47. The minimum Gasteiger partial charge on any atom is -0.205 e. The second-order valence-corrected chi connectivity index (χ2v) is 6.59. The van der Waals surface area contributed by atoms with Gasteiger partial charge in [0.05, 0.1) is 0 Å². The number of rotatable bonds is 4. The summed E-state index contributed by atoms with van der Waals surface area (Å²) in [6.45, 7) is 6.54. The molecule has 1 heterocycles. The first kappa shape index (κ1) is 12.2. The predicted octanol–water partition coefficient (Wildman–Crippen LogP) is 5.12. The van der Waals surface area contributed by atoms with Crippen LogP contribution in [0.15, 0.2) is 9.85 Å². The molecule has 0 aliphatic rings. The largest absolute Gasteiger partial charge is 0.205 e. The number of thiophene rings is 1. The smallest absolute Gasteiger partial charge is 0.148 e. The van der Waals surface area contributed by atoms with E-state index in [0.29, 0.717) is 3.79 Å². The van der Waals surface area contributed by atoms with E-state index in [-0.39, 0.29) is 11.2 Å². The Morgan fingerprint density at radius 1 is 1.50 bits per heavy atom. The molecule has 0 N–H and O–H groups in total. The van der Waals surface area contributed by atoms with E-state index < -0.39 is 0 Å². The Kier molecular flexibility index (Phi) is 4.14. The quantitative estimate of drug-likeness (QED) is 0.717. The normalized spacial score (nSPS) is 12.1. The summed E-state index contributed by atoms with van der Waals surface area (Å²) in [6.07, 6.45) is 3.51. The van der Waals surface area contributed by atoms with Crippen molar-refractivity contribution in [2.45, 2.75) is 45.4 Å². The van der Waals surface area contributed by atoms with Crippen molar-refractivity contribution in [3.8, 4) is 0 Å². The lowest BCUT2D eigenvalue weighted by Gasteiger charge is -2.22. The fourth-order valence-electron chi connectivity index (χ4n) is 1.42. The highest BCUT2D eigenvalue weighted by Gasteiger charge is 2.23. The van der Waals surface area contributed by atoms with Crippen LogP contribution in [0.4, 0.5) is 4.39 Å². The molecule has 0 aliphatic heterocycles. The van der Waals surface area contributed by atoms with E-state index in [1.54, 1.807) is 6.07 Å². The van der Waals surface area contributed by atoms with Crippen molar-refractivity contribution in [1.82, 2.24) is 0 Å². The Labute approximate surface area is 97.7 Å². The van der Waals surface area contributed by atoms with Gasteiger partial charge in [-0.25, -0.2) is 4.39 Å². The molecule has 0 spiro atoms. The molecular weight excluding hydrogens is 263 g/mol. The van der Waals surface area contributed by atoms with Crippen LogP contribution in [-0.4, -0.2) is 0 Å². The maximum atomic E-state index is 13.2. The van der Waals surface area contributed by atoms with Crippen LogP contribution in [0.25, 0.3) is 0 Å². The van der Waals surface area contributed by atoms with E-state index in [4.69, 9.17) is 0 Å². The van der Waals surface area contributed by atoms with Crippen LogP contribution in [0.3, 0.4) is 0 Å². The van der Waals surface area contributed by atoms with E-state index >= 15 is 0 Å². The Balaban J connectivity index is 2.80. The molecule has 0 saturated carbocycles. The van der Waals surface area contributed by atoms with E-state index in [2.05, 4.69) is 36.7 Å². The second-order valence-electron chi connectivity index (χ2n) is 4.22. The van der Waals surface area contributed by atoms with E-state index in [0.717, 1.165) is 11.3 Å². The number of hydrogen-bond acceptors (Lipinski definition) is 1. The first-order valence-corrected chi connectivity index (χ1v) is 6.53. The maximum absolute atomic E-state index is 13.2. The lowest BCUT2D eigenvalue weighted by Crippen LogP contribution is -2.14. The zero-order chi connectivity index (χ0) is 10.8. The van der Waals surface area contributed by atoms with Gasteiger partial charge in [-0.05, 0) is 33.8 Å². The molecule has 0 unspecified atom stereocenters. The average molecular weight is 279 g/mol. The molecule has 0 fully saturated rings. The van der Waals surface area contributed by atoms with Gasteiger partial charge in [0.25, 0.3) is 0 Å². The minimum absolute atomic E-state index is 0.105. The van der Waals surface area contributed by atoms with E-state index in [1.165, 1.54) is 24.2 Å². The van der Waals surface area contributed by atoms with Crippen molar-refractivity contribution in [3.63, 3.8) is 0 Å². The van der Waals surface area contributed by atoms with Crippen molar-refractivity contribution < 1.29 is 4.39 Å². The zero-order valence-corrected chi connectivity index (χ0v) is 11.3. The fraction of sp³-hybridized carbons (Fsp3) is 0.636. The zero-order valence-electron chi connectivity index (χ0n) is 8.86. The average Bonchev–Trinajstić information content (AvgIpc) is 2.45. The molecule has 0 aliphatic carbocycles. The minimum atomic E-state index is -0.130. The first-order chi connectivity index (χ1) is 6.47. The van der Waals surface area contributed by atoms with Gasteiger partial charge in [0.2, 0.25) is 0 Å². The van der Waals surface area contributed by atoms with Crippen LogP contribution in [0.5, 0.6) is 0 Å². The van der Waals surface area contributed by atoms with Gasteiger partial charge < -0.3 is 0 Å². The Morgan fingerprint density at radius 2 is 2.14 bits per heavy atom. The molecule has 0 bridgehead atoms. The van der Waals surface area contributed by atoms with Gasteiger partial charge in [0, 0.05) is 4.88 Å². The third-order valence-corrected chi connectivity index (χ3v) is 4.60. The Hall–Kier alpha value is 0.110. The van der Waals surface area contributed by atoms with Crippen molar-refractivity contribution in [2.24, 2.45) is 0 Å². The molecule has 0 aromatic carbocycles. The number of hydrogen-bond donors (Lipinski definition) is 0.